The van der Waals surface area contributed by atoms with Gasteiger partial charge in [0.2, 0.25) is 0 Å². The molecular formula is C31H24F4N5O2Tl. The normalized spacial score (nSPS) is 15.2. The molecule has 12 heteroatoms. The van der Waals surface area contributed by atoms with Crippen LogP contribution in [-0.4, -0.2) is 78.0 Å². The molecule has 216 valence electrons. The number of hydrogen-bond acceptors (Lipinski definition) is 6. The molecule has 0 unspecified atom stereocenters. The number of anilines is 1. The van der Waals surface area contributed by atoms with Crippen LogP contribution in [0.3, 0.4) is 0 Å². The van der Waals surface area contributed by atoms with Crippen molar-refractivity contribution in [2.45, 2.75) is 38.8 Å². The Bertz CT molecular complexity index is 1880. The van der Waals surface area contributed by atoms with Gasteiger partial charge in [0.25, 0.3) is 0 Å². The smallest absolute Gasteiger partial charge is 0.198 e. The minimum Gasteiger partial charge on any atom is -0.198 e. The summed E-state index contributed by atoms with van der Waals surface area (Å²) in [5.74, 6) is -0.0613. The summed E-state index contributed by atoms with van der Waals surface area (Å²) in [6.45, 7) is 5.44. The molecule has 0 bridgehead atoms. The number of nitriles is 1. The van der Waals surface area contributed by atoms with Gasteiger partial charge in [-0.25, -0.2) is 4.79 Å². The molecule has 1 fully saturated rings. The fourth-order valence-electron chi connectivity index (χ4n) is 5.29. The molecule has 0 radical (unpaired) electrons. The molecule has 1 saturated heterocycles. The quantitative estimate of drug-likeness (QED) is 0.113. The Morgan fingerprint density at radius 2 is 1.88 bits per heavy atom. The van der Waals surface area contributed by atoms with Gasteiger partial charge < -0.3 is 9.64 Å². The molecule has 43 heavy (non-hydrogen) atoms. The second-order valence-electron chi connectivity index (χ2n) is 11.0. The Labute approximate surface area is 261 Å². The predicted octanol–water partition coefficient (Wildman–Crippen LogP) is 5.82. The standard InChI is InChI=1S/C31H24F4N5O2.Tl/c1-5-19-22(32)10-9-17-7-6-8-20(24(17)19)25-23(33)15-21-27(26(25)34)37-29(35)38-28(21)39-13-14-40(18(16-39)11-12-36)30(41)42-31(2,3)4;/h6-10,15,18H,11,13-14,16H2,2-4H3;/t18-;/m0./s1. The van der Waals surface area contributed by atoms with E-state index in [1.54, 1.807) is 37.8 Å². The van der Waals surface area contributed by atoms with E-state index < -0.39 is 52.3 Å². The average molecular weight is 779 g/mol. The van der Waals surface area contributed by atoms with Crippen LogP contribution in [0.25, 0.3) is 32.8 Å². The molecule has 1 amide bonds. The minimum atomic E-state index is -1.24. The van der Waals surface area contributed by atoms with Gasteiger partial charge in [-0.05, 0) is 20.8 Å². The van der Waals surface area contributed by atoms with Crippen molar-refractivity contribution in [2.75, 3.05) is 24.5 Å². The zero-order valence-electron chi connectivity index (χ0n) is 23.5. The number of amides is 1. The zero-order chi connectivity index (χ0) is 31.1. The number of aromatic nitrogens is 2. The second-order valence-corrected chi connectivity index (χ2v) is 12.1. The minimum absolute atomic E-state index is 0.0236. The third kappa shape index (κ3) is 5.95. The van der Waals surface area contributed by atoms with Gasteiger partial charge in [-0.1, -0.05) is 0 Å². The van der Waals surface area contributed by atoms with E-state index >= 15 is 8.78 Å². The second kappa shape index (κ2) is 12.0. The van der Waals surface area contributed by atoms with Gasteiger partial charge in [-0.3, -0.25) is 0 Å². The van der Waals surface area contributed by atoms with Gasteiger partial charge in [-0.2, -0.15) is 5.26 Å². The molecule has 1 aliphatic rings. The summed E-state index contributed by atoms with van der Waals surface area (Å²) in [6.07, 6.45) is -1.90. The van der Waals surface area contributed by atoms with E-state index in [1.165, 1.54) is 23.1 Å². The molecular weight excluding hydrogens is 755 g/mol. The third-order valence-corrected chi connectivity index (χ3v) is 7.60. The molecule has 4 aromatic rings. The molecule has 1 aliphatic heterocycles. The van der Waals surface area contributed by atoms with Crippen molar-refractivity contribution in [3.63, 3.8) is 0 Å². The number of carbonyl (C=O) groups is 1. The van der Waals surface area contributed by atoms with Gasteiger partial charge in [-0.15, -0.1) is 0 Å². The average Bonchev–Trinajstić information content (AvgIpc) is 2.94. The SMILES string of the molecule is CC(C)(C)OC(=O)N1CCN(c2nc(F)nc3c(F)c(-c4cccc5ccc(F)c(C#[C][Tl])c45)c(F)cc23)C[C@@H]1CC#N. The van der Waals surface area contributed by atoms with Crippen LogP contribution in [0.15, 0.2) is 36.4 Å². The van der Waals surface area contributed by atoms with Crippen LogP contribution >= 0.6 is 0 Å². The number of halogens is 4. The molecule has 1 aromatic heterocycles. The molecule has 0 aliphatic carbocycles. The van der Waals surface area contributed by atoms with Crippen LogP contribution in [0.5, 0.6) is 0 Å². The van der Waals surface area contributed by atoms with Crippen LogP contribution < -0.4 is 4.90 Å². The van der Waals surface area contributed by atoms with E-state index in [9.17, 15) is 18.8 Å². The number of rotatable bonds is 3. The number of carbonyl (C=O) groups excluding carboxylic acids is 1. The third-order valence-electron chi connectivity index (χ3n) is 7.03. The Morgan fingerprint density at radius 3 is 2.58 bits per heavy atom. The Hall–Kier alpha value is -3.98. The van der Waals surface area contributed by atoms with E-state index in [0.29, 0.717) is 5.39 Å². The number of benzene rings is 3. The van der Waals surface area contributed by atoms with Gasteiger partial charge in [0.1, 0.15) is 5.60 Å². The molecule has 0 saturated carbocycles. The molecule has 0 spiro atoms. The van der Waals surface area contributed by atoms with E-state index in [2.05, 4.69) is 19.4 Å². The summed E-state index contributed by atoms with van der Waals surface area (Å²) >= 11 is 0.248. The van der Waals surface area contributed by atoms with Crippen molar-refractivity contribution in [1.29, 1.82) is 5.26 Å². The summed E-state index contributed by atoms with van der Waals surface area (Å²) < 4.78 is 70.2. The Balaban J connectivity index is 1.63. The molecule has 5 rings (SSSR count). The van der Waals surface area contributed by atoms with E-state index in [1.807, 2.05) is 6.07 Å². The van der Waals surface area contributed by atoms with Crippen LogP contribution in [0.1, 0.15) is 32.8 Å². The van der Waals surface area contributed by atoms with Crippen LogP contribution in [0.2, 0.25) is 0 Å². The summed E-state index contributed by atoms with van der Waals surface area (Å²) in [5.41, 5.74) is -1.64. The molecule has 3 aromatic carbocycles. The van der Waals surface area contributed by atoms with Crippen molar-refractivity contribution >= 4 is 59.4 Å². The van der Waals surface area contributed by atoms with E-state index in [4.69, 9.17) is 4.74 Å². The van der Waals surface area contributed by atoms with E-state index in [-0.39, 0.29) is 79.5 Å². The first kappa shape index (κ1) is 30.5. The topological polar surface area (TPSA) is 82.3 Å². The van der Waals surface area contributed by atoms with Crippen LogP contribution in [-0.2, 0) is 4.74 Å². The molecule has 7 nitrogen and oxygen atoms in total. The first-order valence-electron chi connectivity index (χ1n) is 13.3. The van der Waals surface area contributed by atoms with Gasteiger partial charge in [0.05, 0.1) is 18.5 Å². The number of ether oxygens (including phenoxy) is 1. The summed E-state index contributed by atoms with van der Waals surface area (Å²) in [4.78, 5) is 23.3. The van der Waals surface area contributed by atoms with Crippen molar-refractivity contribution < 1.29 is 27.1 Å². The summed E-state index contributed by atoms with van der Waals surface area (Å²) in [6, 6.07) is 9.90. The number of nitrogens with zero attached hydrogens (tertiary/aromatic N) is 5. The van der Waals surface area contributed by atoms with Crippen LogP contribution in [0, 0.1) is 44.3 Å². The number of hydrogen-bond donors (Lipinski definition) is 0. The number of piperazine rings is 1. The van der Waals surface area contributed by atoms with Crippen LogP contribution in [0.4, 0.5) is 28.2 Å². The maximum absolute atomic E-state index is 16.3. The van der Waals surface area contributed by atoms with Crippen molar-refractivity contribution in [2.24, 2.45) is 0 Å². The zero-order valence-corrected chi connectivity index (χ0v) is 28.0. The predicted molar refractivity (Wildman–Crippen MR) is 154 cm³/mol. The van der Waals surface area contributed by atoms with Crippen molar-refractivity contribution in [3.05, 3.63) is 65.5 Å². The Morgan fingerprint density at radius 1 is 1.12 bits per heavy atom. The van der Waals surface area contributed by atoms with Crippen molar-refractivity contribution in [1.82, 2.24) is 14.9 Å². The van der Waals surface area contributed by atoms with Gasteiger partial charge in [0.15, 0.2) is 0 Å². The molecule has 1 atom stereocenters. The van der Waals surface area contributed by atoms with Crippen molar-refractivity contribution in [3.8, 4) is 26.6 Å². The first-order chi connectivity index (χ1) is 20.4. The molecule has 0 N–H and O–H groups in total. The Kier molecular flexibility index (Phi) is 8.47. The summed E-state index contributed by atoms with van der Waals surface area (Å²) in [7, 11) is 0. The fraction of sp³-hybridized carbons (Fsp3) is 0.290. The maximum atomic E-state index is 16.3. The monoisotopic (exact) mass is 779 g/mol. The first-order valence-corrected chi connectivity index (χ1v) is 15.6. The number of fused-ring (bicyclic) bond motifs is 2. The van der Waals surface area contributed by atoms with Gasteiger partial charge >= 0.3 is 191 Å². The molecule has 2 heterocycles. The summed E-state index contributed by atoms with van der Waals surface area (Å²) in [5, 5.41) is 10.1. The van der Waals surface area contributed by atoms with E-state index in [0.717, 1.165) is 6.07 Å². The fourth-order valence-corrected chi connectivity index (χ4v) is 5.85. The van der Waals surface area contributed by atoms with Gasteiger partial charge in [0, 0.05) is 6.54 Å².